The Labute approximate surface area is 106 Å². The van der Waals surface area contributed by atoms with E-state index in [9.17, 15) is 4.79 Å². The smallest absolute Gasteiger partial charge is 0.217 e. The predicted molar refractivity (Wildman–Crippen MR) is 68.3 cm³/mol. The number of pyridine rings is 1. The van der Waals surface area contributed by atoms with Crippen molar-refractivity contribution in [1.82, 2.24) is 10.3 Å². The molecule has 0 bridgehead atoms. The van der Waals surface area contributed by atoms with Crippen LogP contribution in [0.2, 0.25) is 0 Å². The molecule has 1 amide bonds. The average Bonchev–Trinajstić information content (AvgIpc) is 2.39. The Kier molecular flexibility index (Phi) is 3.91. The Bertz CT molecular complexity index is 509. The number of carbonyl (C=O) groups is 1. The second-order valence-corrected chi connectivity index (χ2v) is 3.84. The van der Waals surface area contributed by atoms with Crippen molar-refractivity contribution in [3.8, 4) is 11.5 Å². The number of aromatic nitrogens is 1. The molecule has 1 aromatic heterocycles. The van der Waals surface area contributed by atoms with Gasteiger partial charge in [-0.1, -0.05) is 12.1 Å². The van der Waals surface area contributed by atoms with E-state index in [4.69, 9.17) is 4.74 Å². The number of hydrogen-bond acceptors (Lipinski definition) is 3. The van der Waals surface area contributed by atoms with E-state index in [0.29, 0.717) is 12.3 Å². The van der Waals surface area contributed by atoms with Crippen LogP contribution in [-0.4, -0.2) is 10.9 Å². The molecule has 0 aliphatic heterocycles. The lowest BCUT2D eigenvalue weighted by Crippen LogP contribution is -2.18. The van der Waals surface area contributed by atoms with Crippen molar-refractivity contribution in [3.05, 3.63) is 54.4 Å². The number of benzene rings is 1. The molecule has 0 atom stereocenters. The van der Waals surface area contributed by atoms with Crippen molar-refractivity contribution >= 4 is 5.91 Å². The summed E-state index contributed by atoms with van der Waals surface area (Å²) in [4.78, 5) is 14.8. The third-order valence-corrected chi connectivity index (χ3v) is 2.33. The van der Waals surface area contributed by atoms with Gasteiger partial charge in [0.1, 0.15) is 11.5 Å². The first-order valence-electron chi connectivity index (χ1n) is 5.65. The molecule has 92 valence electrons. The van der Waals surface area contributed by atoms with Crippen LogP contribution >= 0.6 is 0 Å². The Morgan fingerprint density at radius 2 is 2.00 bits per heavy atom. The highest BCUT2D eigenvalue weighted by Crippen LogP contribution is 2.20. The quantitative estimate of drug-likeness (QED) is 0.896. The molecule has 0 aliphatic rings. The minimum absolute atomic E-state index is 0.0364. The fourth-order valence-electron chi connectivity index (χ4n) is 1.45. The van der Waals surface area contributed by atoms with E-state index in [0.717, 1.165) is 11.3 Å². The molecule has 1 aromatic carbocycles. The van der Waals surface area contributed by atoms with E-state index < -0.39 is 0 Å². The summed E-state index contributed by atoms with van der Waals surface area (Å²) in [6.45, 7) is 2.03. The Hall–Kier alpha value is -2.36. The molecular weight excluding hydrogens is 228 g/mol. The van der Waals surface area contributed by atoms with Gasteiger partial charge in [0.25, 0.3) is 0 Å². The van der Waals surface area contributed by atoms with Crippen molar-refractivity contribution in [2.75, 3.05) is 0 Å². The summed E-state index contributed by atoms with van der Waals surface area (Å²) < 4.78 is 5.61. The van der Waals surface area contributed by atoms with Gasteiger partial charge in [0.2, 0.25) is 5.91 Å². The predicted octanol–water partition coefficient (Wildman–Crippen LogP) is 2.51. The zero-order valence-corrected chi connectivity index (χ0v) is 10.1. The lowest BCUT2D eigenvalue weighted by molar-refractivity contribution is -0.119. The van der Waals surface area contributed by atoms with Gasteiger partial charge in [-0.25, -0.2) is 0 Å². The largest absolute Gasteiger partial charge is 0.456 e. The van der Waals surface area contributed by atoms with Crippen LogP contribution in [0.25, 0.3) is 0 Å². The van der Waals surface area contributed by atoms with Crippen molar-refractivity contribution < 1.29 is 9.53 Å². The molecule has 2 rings (SSSR count). The minimum atomic E-state index is -0.0364. The van der Waals surface area contributed by atoms with Gasteiger partial charge < -0.3 is 10.1 Å². The van der Waals surface area contributed by atoms with Crippen molar-refractivity contribution in [3.63, 3.8) is 0 Å². The molecule has 1 heterocycles. The molecule has 18 heavy (non-hydrogen) atoms. The summed E-state index contributed by atoms with van der Waals surface area (Å²) in [6, 6.07) is 11.2. The summed E-state index contributed by atoms with van der Waals surface area (Å²) in [6.07, 6.45) is 3.36. The molecule has 4 nitrogen and oxygen atoms in total. The topological polar surface area (TPSA) is 51.2 Å². The van der Waals surface area contributed by atoms with Gasteiger partial charge in [0.15, 0.2) is 0 Å². The number of amides is 1. The van der Waals surface area contributed by atoms with E-state index in [1.165, 1.54) is 6.92 Å². The van der Waals surface area contributed by atoms with Crippen LogP contribution in [0.4, 0.5) is 0 Å². The summed E-state index contributed by atoms with van der Waals surface area (Å²) in [5.41, 5.74) is 1.03. The summed E-state index contributed by atoms with van der Waals surface area (Å²) in [7, 11) is 0. The first kappa shape index (κ1) is 12.1. The molecule has 0 radical (unpaired) electrons. The highest BCUT2D eigenvalue weighted by atomic mass is 16.5. The Morgan fingerprint density at radius 3 is 2.61 bits per heavy atom. The van der Waals surface area contributed by atoms with Crippen LogP contribution in [-0.2, 0) is 11.3 Å². The number of hydrogen-bond donors (Lipinski definition) is 1. The molecule has 0 saturated carbocycles. The summed E-state index contributed by atoms with van der Waals surface area (Å²) in [5, 5.41) is 2.74. The molecule has 0 unspecified atom stereocenters. The van der Waals surface area contributed by atoms with Crippen LogP contribution < -0.4 is 10.1 Å². The highest BCUT2D eigenvalue weighted by Gasteiger charge is 1.98. The van der Waals surface area contributed by atoms with Crippen LogP contribution in [0, 0.1) is 0 Å². The highest BCUT2D eigenvalue weighted by molar-refractivity contribution is 5.72. The average molecular weight is 242 g/mol. The maximum Gasteiger partial charge on any atom is 0.217 e. The van der Waals surface area contributed by atoms with Crippen LogP contribution in [0.15, 0.2) is 48.8 Å². The summed E-state index contributed by atoms with van der Waals surface area (Å²) >= 11 is 0. The van der Waals surface area contributed by atoms with E-state index in [2.05, 4.69) is 10.3 Å². The van der Waals surface area contributed by atoms with E-state index in [1.54, 1.807) is 12.4 Å². The number of nitrogens with zero attached hydrogens (tertiary/aromatic N) is 1. The lowest BCUT2D eigenvalue weighted by atomic mass is 10.2. The number of carbonyl (C=O) groups excluding carboxylic acids is 1. The van der Waals surface area contributed by atoms with Gasteiger partial charge in [-0.3, -0.25) is 9.78 Å². The van der Waals surface area contributed by atoms with Gasteiger partial charge in [0, 0.05) is 19.7 Å². The molecule has 2 aromatic rings. The van der Waals surface area contributed by atoms with Crippen molar-refractivity contribution in [2.45, 2.75) is 13.5 Å². The SMILES string of the molecule is CC(=O)NCc1ccc(Oc2cccnc2)cc1. The maximum atomic E-state index is 10.8. The van der Waals surface area contributed by atoms with Crippen LogP contribution in [0.3, 0.4) is 0 Å². The Morgan fingerprint density at radius 1 is 1.22 bits per heavy atom. The third kappa shape index (κ3) is 3.59. The molecule has 0 fully saturated rings. The standard InChI is InChI=1S/C14H14N2O2/c1-11(17)16-9-12-4-6-13(7-5-12)18-14-3-2-8-15-10-14/h2-8,10H,9H2,1H3,(H,16,17). The van der Waals surface area contributed by atoms with Crippen molar-refractivity contribution in [2.24, 2.45) is 0 Å². The molecule has 4 heteroatoms. The Balaban J connectivity index is 1.97. The molecule has 0 saturated heterocycles. The van der Waals surface area contributed by atoms with Gasteiger partial charge >= 0.3 is 0 Å². The van der Waals surface area contributed by atoms with E-state index in [-0.39, 0.29) is 5.91 Å². The molecule has 1 N–H and O–H groups in total. The lowest BCUT2D eigenvalue weighted by Gasteiger charge is -2.06. The van der Waals surface area contributed by atoms with E-state index in [1.807, 2.05) is 36.4 Å². The van der Waals surface area contributed by atoms with Gasteiger partial charge in [-0.05, 0) is 29.8 Å². The van der Waals surface area contributed by atoms with Gasteiger partial charge in [-0.2, -0.15) is 0 Å². The number of rotatable bonds is 4. The van der Waals surface area contributed by atoms with E-state index >= 15 is 0 Å². The molecule has 0 aliphatic carbocycles. The number of nitrogens with one attached hydrogen (secondary N) is 1. The number of ether oxygens (including phenoxy) is 1. The van der Waals surface area contributed by atoms with Crippen LogP contribution in [0.5, 0.6) is 11.5 Å². The third-order valence-electron chi connectivity index (χ3n) is 2.33. The maximum absolute atomic E-state index is 10.8. The fraction of sp³-hybridized carbons (Fsp3) is 0.143. The van der Waals surface area contributed by atoms with Crippen LogP contribution in [0.1, 0.15) is 12.5 Å². The first-order valence-corrected chi connectivity index (χ1v) is 5.65. The first-order chi connectivity index (χ1) is 8.74. The van der Waals surface area contributed by atoms with Gasteiger partial charge in [-0.15, -0.1) is 0 Å². The molecule has 0 spiro atoms. The normalized spacial score (nSPS) is 9.83. The zero-order chi connectivity index (χ0) is 12.8. The second kappa shape index (κ2) is 5.82. The minimum Gasteiger partial charge on any atom is -0.456 e. The zero-order valence-electron chi connectivity index (χ0n) is 10.1. The van der Waals surface area contributed by atoms with Gasteiger partial charge in [0.05, 0.1) is 6.20 Å². The van der Waals surface area contributed by atoms with Crippen molar-refractivity contribution in [1.29, 1.82) is 0 Å². The fourth-order valence-corrected chi connectivity index (χ4v) is 1.45. The molecular formula is C14H14N2O2. The second-order valence-electron chi connectivity index (χ2n) is 3.84. The summed E-state index contributed by atoms with van der Waals surface area (Å²) in [5.74, 6) is 1.41. The monoisotopic (exact) mass is 242 g/mol.